The summed E-state index contributed by atoms with van der Waals surface area (Å²) in [6.45, 7) is 3.50. The highest BCUT2D eigenvalue weighted by Gasteiger charge is 2.36. The first-order valence-corrected chi connectivity index (χ1v) is 4.49. The number of carbonyl (C=O) groups excluding carboxylic acids is 1. The first kappa shape index (κ1) is 9.73. The quantitative estimate of drug-likeness (QED) is 0.749. The number of aliphatic hydroxyl groups is 1. The minimum atomic E-state index is -0.940. The van der Waals surface area contributed by atoms with Crippen molar-refractivity contribution in [2.75, 3.05) is 0 Å². The molecule has 0 unspecified atom stereocenters. The maximum Gasteiger partial charge on any atom is 0.514 e. The lowest BCUT2D eigenvalue weighted by Gasteiger charge is -2.15. The normalized spacial score (nSPS) is 22.1. The highest BCUT2D eigenvalue weighted by atomic mass is 16.8. The minimum absolute atomic E-state index is 0.136. The van der Waals surface area contributed by atoms with Gasteiger partial charge in [-0.3, -0.25) is 0 Å². The van der Waals surface area contributed by atoms with Crippen LogP contribution in [0.2, 0.25) is 0 Å². The Bertz CT molecular complexity index is 385. The molecule has 0 aliphatic carbocycles. The number of rotatable bonds is 2. The zero-order valence-electron chi connectivity index (χ0n) is 7.92. The summed E-state index contributed by atoms with van der Waals surface area (Å²) in [6.07, 6.45) is -2.58. The third-order valence-corrected chi connectivity index (χ3v) is 2.18. The van der Waals surface area contributed by atoms with E-state index in [1.54, 1.807) is 24.3 Å². The molecule has 1 heterocycles. The lowest BCUT2D eigenvalue weighted by Crippen LogP contribution is -2.19. The molecule has 1 fully saturated rings. The Balaban J connectivity index is 2.18. The average Bonchev–Trinajstić information content (AvgIpc) is 2.58. The summed E-state index contributed by atoms with van der Waals surface area (Å²) in [4.78, 5) is 10.8. The summed E-state index contributed by atoms with van der Waals surface area (Å²) in [7, 11) is 0. The van der Waals surface area contributed by atoms with E-state index in [9.17, 15) is 9.90 Å². The molecule has 1 aromatic carbocycles. The van der Waals surface area contributed by atoms with Crippen LogP contribution in [0, 0.1) is 0 Å². The van der Waals surface area contributed by atoms with Crippen LogP contribution in [-0.2, 0) is 9.47 Å². The van der Waals surface area contributed by atoms with E-state index >= 15 is 0 Å². The molecule has 1 N–H and O–H groups in total. The number of benzene rings is 1. The second kappa shape index (κ2) is 3.74. The third kappa shape index (κ3) is 1.85. The first-order valence-electron chi connectivity index (χ1n) is 4.49. The van der Waals surface area contributed by atoms with E-state index in [-0.39, 0.29) is 5.76 Å². The van der Waals surface area contributed by atoms with Crippen LogP contribution in [0.4, 0.5) is 4.79 Å². The first-order chi connectivity index (χ1) is 7.18. The number of cyclic esters (lactones) is 2. The highest BCUT2D eigenvalue weighted by molar-refractivity contribution is 5.65. The van der Waals surface area contributed by atoms with Gasteiger partial charge in [0.15, 0.2) is 6.10 Å². The standard InChI is InChI=1S/C11H10O4/c1-7-10(15-11(13)14-7)9(12)8-5-3-2-4-6-8/h2-6,9-10,12H,1H2/t9-,10+/m1/s1. The predicted molar refractivity (Wildman–Crippen MR) is 51.9 cm³/mol. The third-order valence-electron chi connectivity index (χ3n) is 2.18. The van der Waals surface area contributed by atoms with Crippen LogP contribution < -0.4 is 0 Å². The van der Waals surface area contributed by atoms with Crippen molar-refractivity contribution in [2.45, 2.75) is 12.2 Å². The van der Waals surface area contributed by atoms with Gasteiger partial charge in [0.1, 0.15) is 11.9 Å². The molecule has 0 aromatic heterocycles. The van der Waals surface area contributed by atoms with Gasteiger partial charge in [-0.25, -0.2) is 4.79 Å². The lowest BCUT2D eigenvalue weighted by molar-refractivity contribution is 0.0402. The number of ether oxygens (including phenoxy) is 2. The van der Waals surface area contributed by atoms with Gasteiger partial charge in [-0.05, 0) is 5.56 Å². The Morgan fingerprint density at radius 1 is 1.33 bits per heavy atom. The Kier molecular flexibility index (Phi) is 2.43. The fraction of sp³-hybridized carbons (Fsp3) is 0.182. The Morgan fingerprint density at radius 2 is 2.00 bits per heavy atom. The molecule has 4 nitrogen and oxygen atoms in total. The van der Waals surface area contributed by atoms with Crippen LogP contribution in [0.15, 0.2) is 42.7 Å². The minimum Gasteiger partial charge on any atom is -0.419 e. The van der Waals surface area contributed by atoms with Crippen molar-refractivity contribution in [1.82, 2.24) is 0 Å². The molecule has 15 heavy (non-hydrogen) atoms. The van der Waals surface area contributed by atoms with Gasteiger partial charge in [-0.15, -0.1) is 0 Å². The van der Waals surface area contributed by atoms with Crippen LogP contribution in [0.5, 0.6) is 0 Å². The number of hydrogen-bond donors (Lipinski definition) is 1. The van der Waals surface area contributed by atoms with E-state index in [1.807, 2.05) is 6.07 Å². The van der Waals surface area contributed by atoms with Gasteiger partial charge in [0.05, 0.1) is 0 Å². The summed E-state index contributed by atoms with van der Waals surface area (Å²) < 4.78 is 9.38. The molecule has 78 valence electrons. The number of carbonyl (C=O) groups is 1. The van der Waals surface area contributed by atoms with Crippen molar-refractivity contribution in [3.05, 3.63) is 48.2 Å². The van der Waals surface area contributed by atoms with Crippen LogP contribution in [0.3, 0.4) is 0 Å². The van der Waals surface area contributed by atoms with Gasteiger partial charge in [0.25, 0.3) is 0 Å². The molecule has 1 saturated heterocycles. The van der Waals surface area contributed by atoms with E-state index in [2.05, 4.69) is 11.3 Å². The maximum atomic E-state index is 10.8. The van der Waals surface area contributed by atoms with Crippen molar-refractivity contribution >= 4 is 6.16 Å². The van der Waals surface area contributed by atoms with Crippen molar-refractivity contribution in [3.63, 3.8) is 0 Å². The summed E-state index contributed by atoms with van der Waals surface area (Å²) in [5.74, 6) is 0.136. The highest BCUT2D eigenvalue weighted by Crippen LogP contribution is 2.29. The van der Waals surface area contributed by atoms with E-state index in [0.717, 1.165) is 0 Å². The monoisotopic (exact) mass is 206 g/mol. The van der Waals surface area contributed by atoms with Gasteiger partial charge >= 0.3 is 6.16 Å². The molecule has 0 saturated carbocycles. The zero-order valence-corrected chi connectivity index (χ0v) is 7.92. The lowest BCUT2D eigenvalue weighted by atomic mass is 10.0. The molecular weight excluding hydrogens is 196 g/mol. The van der Waals surface area contributed by atoms with Gasteiger partial charge in [0, 0.05) is 0 Å². The molecule has 0 bridgehead atoms. The van der Waals surface area contributed by atoms with Gasteiger partial charge in [-0.1, -0.05) is 36.9 Å². The molecule has 1 aliphatic heterocycles. The second-order valence-electron chi connectivity index (χ2n) is 3.21. The number of aliphatic hydroxyl groups excluding tert-OH is 1. The maximum absolute atomic E-state index is 10.8. The molecule has 0 radical (unpaired) electrons. The fourth-order valence-corrected chi connectivity index (χ4v) is 1.42. The molecule has 0 amide bonds. The van der Waals surface area contributed by atoms with E-state index in [0.29, 0.717) is 5.56 Å². The topological polar surface area (TPSA) is 55.8 Å². The van der Waals surface area contributed by atoms with E-state index in [1.165, 1.54) is 0 Å². The average molecular weight is 206 g/mol. The fourth-order valence-electron chi connectivity index (χ4n) is 1.42. The molecule has 1 aliphatic rings. The van der Waals surface area contributed by atoms with Crippen molar-refractivity contribution in [2.24, 2.45) is 0 Å². The van der Waals surface area contributed by atoms with E-state index in [4.69, 9.17) is 4.74 Å². The second-order valence-corrected chi connectivity index (χ2v) is 3.21. The molecule has 2 atom stereocenters. The Labute approximate surface area is 86.7 Å². The van der Waals surface area contributed by atoms with Crippen LogP contribution in [0.1, 0.15) is 11.7 Å². The molecule has 0 spiro atoms. The van der Waals surface area contributed by atoms with Crippen molar-refractivity contribution < 1.29 is 19.4 Å². The molecular formula is C11H10O4. The predicted octanol–water partition coefficient (Wildman–Crippen LogP) is 1.77. The van der Waals surface area contributed by atoms with Gasteiger partial charge in [0.2, 0.25) is 0 Å². The zero-order chi connectivity index (χ0) is 10.8. The molecule has 2 rings (SSSR count). The molecule has 1 aromatic rings. The summed E-state index contributed by atoms with van der Waals surface area (Å²) in [6, 6.07) is 8.90. The largest absolute Gasteiger partial charge is 0.514 e. The number of hydrogen-bond acceptors (Lipinski definition) is 4. The Hall–Kier alpha value is -1.81. The van der Waals surface area contributed by atoms with Gasteiger partial charge < -0.3 is 14.6 Å². The summed E-state index contributed by atoms with van der Waals surface area (Å²) >= 11 is 0. The summed E-state index contributed by atoms with van der Waals surface area (Å²) in [5, 5.41) is 9.89. The summed E-state index contributed by atoms with van der Waals surface area (Å²) in [5.41, 5.74) is 0.655. The van der Waals surface area contributed by atoms with Gasteiger partial charge in [-0.2, -0.15) is 0 Å². The molecule has 4 heteroatoms. The van der Waals surface area contributed by atoms with Crippen LogP contribution in [-0.4, -0.2) is 17.4 Å². The van der Waals surface area contributed by atoms with Crippen LogP contribution >= 0.6 is 0 Å². The smallest absolute Gasteiger partial charge is 0.419 e. The SMILES string of the molecule is C=C1OC(=O)O[C@@H]1[C@H](O)c1ccccc1. The van der Waals surface area contributed by atoms with Crippen LogP contribution in [0.25, 0.3) is 0 Å². The Morgan fingerprint density at radius 3 is 2.53 bits per heavy atom. The van der Waals surface area contributed by atoms with E-state index < -0.39 is 18.4 Å². The van der Waals surface area contributed by atoms with Crippen molar-refractivity contribution in [1.29, 1.82) is 0 Å². The van der Waals surface area contributed by atoms with Crippen molar-refractivity contribution in [3.8, 4) is 0 Å².